The normalized spacial score (nSPS) is 8.87. The highest BCUT2D eigenvalue weighted by molar-refractivity contribution is 5.89. The Kier molecular flexibility index (Phi) is 6.38. The second-order valence-electron chi connectivity index (χ2n) is 2.79. The van der Waals surface area contributed by atoms with Crippen LogP contribution in [0, 0.1) is 6.92 Å². The first-order valence-electron chi connectivity index (χ1n) is 4.97. The minimum Gasteiger partial charge on any atom is -0.465 e. The number of carbonyl (C=O) groups is 1. The van der Waals surface area contributed by atoms with Gasteiger partial charge in [0.05, 0.1) is 19.3 Å². The molecule has 0 spiro atoms. The molecule has 0 amide bonds. The molecule has 3 nitrogen and oxygen atoms in total. The van der Waals surface area contributed by atoms with Crippen LogP contribution in [0.5, 0.6) is 0 Å². The number of carbonyl (C=O) groups excluding carboxylic acids is 1. The van der Waals surface area contributed by atoms with E-state index >= 15 is 0 Å². The number of methoxy groups -OCH3 is 1. The van der Waals surface area contributed by atoms with E-state index in [1.54, 1.807) is 18.2 Å². The van der Waals surface area contributed by atoms with Gasteiger partial charge in [0.25, 0.3) is 0 Å². The first kappa shape index (κ1) is 13.7. The predicted octanol–water partition coefficient (Wildman–Crippen LogP) is 2.30. The van der Waals surface area contributed by atoms with Crippen molar-refractivity contribution in [3.8, 4) is 0 Å². The third-order valence-corrected chi connectivity index (χ3v) is 1.93. The summed E-state index contributed by atoms with van der Waals surface area (Å²) in [5.41, 5.74) is 2.23. The summed E-state index contributed by atoms with van der Waals surface area (Å²) in [5.74, 6) is -0.354. The van der Waals surface area contributed by atoms with Gasteiger partial charge in [0, 0.05) is 0 Å². The van der Waals surface area contributed by atoms with Crippen LogP contribution in [0.1, 0.15) is 35.3 Å². The molecule has 1 aromatic carbocycles. The Morgan fingerprint density at radius 1 is 1.40 bits per heavy atom. The number of aliphatic hydroxyl groups excluding tert-OH is 1. The largest absolute Gasteiger partial charge is 0.465 e. The van der Waals surface area contributed by atoms with Crippen molar-refractivity contribution in [3.63, 3.8) is 0 Å². The zero-order valence-electron chi connectivity index (χ0n) is 9.70. The van der Waals surface area contributed by atoms with Crippen molar-refractivity contribution in [1.82, 2.24) is 0 Å². The van der Waals surface area contributed by atoms with Crippen LogP contribution >= 0.6 is 0 Å². The molecule has 0 unspecified atom stereocenters. The third-order valence-electron chi connectivity index (χ3n) is 1.93. The number of aliphatic hydroxyl groups is 1. The van der Waals surface area contributed by atoms with E-state index in [-0.39, 0.29) is 12.6 Å². The number of hydrogen-bond donors (Lipinski definition) is 1. The second kappa shape index (κ2) is 7.01. The van der Waals surface area contributed by atoms with Crippen LogP contribution in [0.15, 0.2) is 18.2 Å². The maximum Gasteiger partial charge on any atom is 0.337 e. The summed E-state index contributed by atoms with van der Waals surface area (Å²) in [5, 5.41) is 8.89. The van der Waals surface area contributed by atoms with Crippen molar-refractivity contribution in [2.75, 3.05) is 7.11 Å². The summed E-state index contributed by atoms with van der Waals surface area (Å²) in [6.45, 7) is 5.84. The maximum atomic E-state index is 11.1. The zero-order chi connectivity index (χ0) is 11.8. The number of hydrogen-bond acceptors (Lipinski definition) is 3. The SMILES string of the molecule is CC.COC(=O)c1ccc(CO)c(C)c1. The number of rotatable bonds is 2. The lowest BCUT2D eigenvalue weighted by molar-refractivity contribution is 0.0600. The molecule has 3 heteroatoms. The maximum absolute atomic E-state index is 11.1. The van der Waals surface area contributed by atoms with Gasteiger partial charge >= 0.3 is 5.97 Å². The summed E-state index contributed by atoms with van der Waals surface area (Å²) in [7, 11) is 1.34. The number of aryl methyl sites for hydroxylation is 1. The van der Waals surface area contributed by atoms with Crippen LogP contribution < -0.4 is 0 Å². The highest BCUT2D eigenvalue weighted by Gasteiger charge is 2.06. The Bertz CT molecular complexity index is 319. The highest BCUT2D eigenvalue weighted by Crippen LogP contribution is 2.11. The predicted molar refractivity (Wildman–Crippen MR) is 59.8 cm³/mol. The number of esters is 1. The van der Waals surface area contributed by atoms with Gasteiger partial charge in [-0.25, -0.2) is 4.79 Å². The van der Waals surface area contributed by atoms with Gasteiger partial charge in [-0.05, 0) is 30.2 Å². The van der Waals surface area contributed by atoms with E-state index in [4.69, 9.17) is 5.11 Å². The smallest absolute Gasteiger partial charge is 0.337 e. The Hall–Kier alpha value is -1.35. The second-order valence-corrected chi connectivity index (χ2v) is 2.79. The molecule has 0 aromatic heterocycles. The summed E-state index contributed by atoms with van der Waals surface area (Å²) < 4.78 is 4.56. The molecule has 0 saturated carbocycles. The van der Waals surface area contributed by atoms with Crippen molar-refractivity contribution in [3.05, 3.63) is 34.9 Å². The molecular formula is C12H18O3. The van der Waals surface area contributed by atoms with Crippen LogP contribution in [0.3, 0.4) is 0 Å². The minimum atomic E-state index is -0.354. The molecule has 0 aliphatic rings. The molecule has 0 bridgehead atoms. The molecule has 0 saturated heterocycles. The average molecular weight is 210 g/mol. The molecule has 0 aliphatic heterocycles. The lowest BCUT2D eigenvalue weighted by Gasteiger charge is -2.04. The van der Waals surface area contributed by atoms with Crippen LogP contribution in [-0.4, -0.2) is 18.2 Å². The minimum absolute atomic E-state index is 0.00666. The number of benzene rings is 1. The highest BCUT2D eigenvalue weighted by atomic mass is 16.5. The molecule has 0 heterocycles. The average Bonchev–Trinajstić information content (AvgIpc) is 2.30. The fraction of sp³-hybridized carbons (Fsp3) is 0.417. The lowest BCUT2D eigenvalue weighted by atomic mass is 10.1. The van der Waals surface area contributed by atoms with Gasteiger partial charge in [-0.3, -0.25) is 0 Å². The third kappa shape index (κ3) is 3.72. The van der Waals surface area contributed by atoms with Gasteiger partial charge in [0.15, 0.2) is 0 Å². The van der Waals surface area contributed by atoms with Gasteiger partial charge in [0.2, 0.25) is 0 Å². The molecule has 15 heavy (non-hydrogen) atoms. The van der Waals surface area contributed by atoms with Crippen LogP contribution in [0.25, 0.3) is 0 Å². The van der Waals surface area contributed by atoms with Gasteiger partial charge in [-0.15, -0.1) is 0 Å². The standard InChI is InChI=1S/C10H12O3.C2H6/c1-7-5-8(10(12)13-2)3-4-9(7)6-11;1-2/h3-5,11H,6H2,1-2H3;1-2H3. The van der Waals surface area contributed by atoms with Crippen molar-refractivity contribution in [1.29, 1.82) is 0 Å². The van der Waals surface area contributed by atoms with Crippen molar-refractivity contribution < 1.29 is 14.6 Å². The monoisotopic (exact) mass is 210 g/mol. The molecule has 0 aliphatic carbocycles. The fourth-order valence-corrected chi connectivity index (χ4v) is 1.12. The Balaban J connectivity index is 0.000000921. The van der Waals surface area contributed by atoms with E-state index in [1.807, 2.05) is 20.8 Å². The summed E-state index contributed by atoms with van der Waals surface area (Å²) in [4.78, 5) is 11.1. The molecule has 84 valence electrons. The quantitative estimate of drug-likeness (QED) is 0.762. The zero-order valence-corrected chi connectivity index (χ0v) is 9.70. The Morgan fingerprint density at radius 3 is 2.40 bits per heavy atom. The molecule has 0 fully saturated rings. The Labute approximate surface area is 90.7 Å². The van der Waals surface area contributed by atoms with E-state index < -0.39 is 0 Å². The van der Waals surface area contributed by atoms with E-state index in [0.717, 1.165) is 11.1 Å². The topological polar surface area (TPSA) is 46.5 Å². The molecular weight excluding hydrogens is 192 g/mol. The lowest BCUT2D eigenvalue weighted by Crippen LogP contribution is -2.02. The van der Waals surface area contributed by atoms with Gasteiger partial charge < -0.3 is 9.84 Å². The van der Waals surface area contributed by atoms with Gasteiger partial charge in [-0.1, -0.05) is 19.9 Å². The first-order chi connectivity index (χ1) is 7.19. The van der Waals surface area contributed by atoms with Crippen LogP contribution in [0.4, 0.5) is 0 Å². The van der Waals surface area contributed by atoms with E-state index in [9.17, 15) is 4.79 Å². The van der Waals surface area contributed by atoms with Crippen LogP contribution in [-0.2, 0) is 11.3 Å². The molecule has 1 N–H and O–H groups in total. The molecule has 1 aromatic rings. The van der Waals surface area contributed by atoms with Gasteiger partial charge in [-0.2, -0.15) is 0 Å². The first-order valence-corrected chi connectivity index (χ1v) is 4.97. The van der Waals surface area contributed by atoms with Gasteiger partial charge in [0.1, 0.15) is 0 Å². The summed E-state index contributed by atoms with van der Waals surface area (Å²) >= 11 is 0. The van der Waals surface area contributed by atoms with Crippen molar-refractivity contribution >= 4 is 5.97 Å². The van der Waals surface area contributed by atoms with Crippen molar-refractivity contribution in [2.24, 2.45) is 0 Å². The van der Waals surface area contributed by atoms with E-state index in [2.05, 4.69) is 4.74 Å². The Morgan fingerprint density at radius 2 is 2.00 bits per heavy atom. The summed E-state index contributed by atoms with van der Waals surface area (Å²) in [6.07, 6.45) is 0. The molecule has 0 atom stereocenters. The van der Waals surface area contributed by atoms with Crippen LogP contribution in [0.2, 0.25) is 0 Å². The van der Waals surface area contributed by atoms with E-state index in [0.29, 0.717) is 5.56 Å². The number of ether oxygens (including phenoxy) is 1. The molecule has 1 rings (SSSR count). The summed E-state index contributed by atoms with van der Waals surface area (Å²) in [6, 6.07) is 5.07. The van der Waals surface area contributed by atoms with Crippen molar-refractivity contribution in [2.45, 2.75) is 27.4 Å². The fourth-order valence-electron chi connectivity index (χ4n) is 1.12. The molecule has 0 radical (unpaired) electrons. The van der Waals surface area contributed by atoms with E-state index in [1.165, 1.54) is 7.11 Å².